The lowest BCUT2D eigenvalue weighted by Gasteiger charge is -2.47. The van der Waals surface area contributed by atoms with E-state index in [0.29, 0.717) is 31.1 Å². The van der Waals surface area contributed by atoms with Crippen LogP contribution in [-0.4, -0.2) is 61.1 Å². The Bertz CT molecular complexity index is 952. The summed E-state index contributed by atoms with van der Waals surface area (Å²) in [6.45, 7) is 8.24. The molecule has 2 aromatic rings. The van der Waals surface area contributed by atoms with Gasteiger partial charge >= 0.3 is 0 Å². The molecule has 2 heterocycles. The maximum absolute atomic E-state index is 13.7. The number of morpholine rings is 1. The first-order valence-corrected chi connectivity index (χ1v) is 10.6. The number of hydrogen-bond donors (Lipinski definition) is 1. The smallest absolute Gasteiger partial charge is 0.132 e. The number of halogens is 1. The van der Waals surface area contributed by atoms with Crippen molar-refractivity contribution in [2.45, 2.75) is 31.6 Å². The Kier molecular flexibility index (Phi) is 6.15. The van der Waals surface area contributed by atoms with Gasteiger partial charge in [0.15, 0.2) is 0 Å². The van der Waals surface area contributed by atoms with Gasteiger partial charge in [-0.25, -0.2) is 4.39 Å². The molecule has 2 aliphatic heterocycles. The van der Waals surface area contributed by atoms with Crippen LogP contribution >= 0.6 is 0 Å². The molecule has 2 aliphatic rings. The summed E-state index contributed by atoms with van der Waals surface area (Å²) in [7, 11) is 0. The molecule has 1 N–H and O–H groups in total. The van der Waals surface area contributed by atoms with Crippen molar-refractivity contribution < 1.29 is 19.0 Å². The van der Waals surface area contributed by atoms with Gasteiger partial charge in [-0.05, 0) is 56.3 Å². The highest BCUT2D eigenvalue weighted by molar-refractivity contribution is 5.55. The number of anilines is 1. The molecule has 164 valence electrons. The summed E-state index contributed by atoms with van der Waals surface area (Å²) >= 11 is 0. The summed E-state index contributed by atoms with van der Waals surface area (Å²) in [5, 5.41) is 20.8. The van der Waals surface area contributed by atoms with Crippen molar-refractivity contribution in [2.75, 3.05) is 44.3 Å². The molecular formula is C24H28FN3O3. The zero-order valence-corrected chi connectivity index (χ0v) is 17.9. The average molecular weight is 426 g/mol. The molecule has 31 heavy (non-hydrogen) atoms. The van der Waals surface area contributed by atoms with Crippen molar-refractivity contribution in [1.82, 2.24) is 4.90 Å². The van der Waals surface area contributed by atoms with E-state index in [1.54, 1.807) is 30.3 Å². The topological polar surface area (TPSA) is 69.0 Å². The summed E-state index contributed by atoms with van der Waals surface area (Å²) < 4.78 is 25.2. The van der Waals surface area contributed by atoms with Crippen LogP contribution in [0.4, 0.5) is 10.1 Å². The number of benzene rings is 2. The minimum absolute atomic E-state index is 0.308. The second-order valence-corrected chi connectivity index (χ2v) is 8.58. The lowest BCUT2D eigenvalue weighted by atomic mass is 9.84. The van der Waals surface area contributed by atoms with Gasteiger partial charge in [0.05, 0.1) is 30.9 Å². The van der Waals surface area contributed by atoms with Crippen LogP contribution in [0.25, 0.3) is 0 Å². The van der Waals surface area contributed by atoms with E-state index in [1.807, 2.05) is 13.8 Å². The quantitative estimate of drug-likeness (QED) is 0.794. The Morgan fingerprint density at radius 1 is 1.19 bits per heavy atom. The maximum atomic E-state index is 13.7. The molecule has 1 unspecified atom stereocenters. The fraction of sp³-hybridized carbons (Fsp3) is 0.458. The fourth-order valence-electron chi connectivity index (χ4n) is 4.31. The van der Waals surface area contributed by atoms with Gasteiger partial charge < -0.3 is 19.5 Å². The molecule has 0 aliphatic carbocycles. The van der Waals surface area contributed by atoms with E-state index in [0.717, 1.165) is 30.9 Å². The van der Waals surface area contributed by atoms with Gasteiger partial charge in [0.2, 0.25) is 0 Å². The lowest BCUT2D eigenvalue weighted by Crippen LogP contribution is -2.55. The van der Waals surface area contributed by atoms with Gasteiger partial charge in [0, 0.05) is 37.4 Å². The monoisotopic (exact) mass is 425 g/mol. The molecule has 1 saturated heterocycles. The SMILES string of the molecule is CC1(C)Oc2ccc(C#N)cc2C(N(CCN2CCOCC2)c2ccc(F)cc2)[C@H]1O. The molecular weight excluding hydrogens is 397 g/mol. The van der Waals surface area contributed by atoms with Crippen molar-refractivity contribution in [3.63, 3.8) is 0 Å². The van der Waals surface area contributed by atoms with Gasteiger partial charge in [-0.15, -0.1) is 0 Å². The molecule has 0 aromatic heterocycles. The first-order valence-electron chi connectivity index (χ1n) is 10.6. The van der Waals surface area contributed by atoms with Crippen LogP contribution in [0.2, 0.25) is 0 Å². The third-order valence-corrected chi connectivity index (χ3v) is 6.10. The number of nitriles is 1. The summed E-state index contributed by atoms with van der Waals surface area (Å²) in [4.78, 5) is 4.42. The first-order chi connectivity index (χ1) is 14.9. The third kappa shape index (κ3) is 4.52. The molecule has 0 radical (unpaired) electrons. The zero-order valence-electron chi connectivity index (χ0n) is 17.9. The van der Waals surface area contributed by atoms with E-state index in [9.17, 15) is 14.8 Å². The highest BCUT2D eigenvalue weighted by Gasteiger charge is 2.45. The number of fused-ring (bicyclic) bond motifs is 1. The standard InChI is InChI=1S/C24H28FN3O3/c1-24(2)23(29)22(20-15-17(16-26)3-8-21(20)31-24)28(19-6-4-18(25)5-7-19)10-9-27-11-13-30-14-12-27/h3-8,15,22-23,29H,9-14H2,1-2H3/t22?,23-/m1/s1. The van der Waals surface area contributed by atoms with Crippen LogP contribution in [0, 0.1) is 17.1 Å². The fourth-order valence-corrected chi connectivity index (χ4v) is 4.31. The largest absolute Gasteiger partial charge is 0.485 e. The highest BCUT2D eigenvalue weighted by Crippen LogP contribution is 2.44. The molecule has 7 heteroatoms. The Morgan fingerprint density at radius 3 is 2.58 bits per heavy atom. The predicted octanol–water partition coefficient (Wildman–Crippen LogP) is 3.11. The second kappa shape index (κ2) is 8.83. The van der Waals surface area contributed by atoms with Gasteiger partial charge in [-0.1, -0.05) is 0 Å². The van der Waals surface area contributed by atoms with E-state index in [2.05, 4.69) is 15.9 Å². The van der Waals surface area contributed by atoms with Crippen molar-refractivity contribution in [2.24, 2.45) is 0 Å². The summed E-state index contributed by atoms with van der Waals surface area (Å²) in [5.74, 6) is 0.342. The number of nitrogens with zero attached hydrogens (tertiary/aromatic N) is 3. The molecule has 0 amide bonds. The van der Waals surface area contributed by atoms with Crippen LogP contribution in [0.15, 0.2) is 42.5 Å². The van der Waals surface area contributed by atoms with Crippen LogP contribution in [-0.2, 0) is 4.74 Å². The van der Waals surface area contributed by atoms with Crippen LogP contribution in [0.5, 0.6) is 5.75 Å². The first kappa shape index (κ1) is 21.6. The Hall–Kier alpha value is -2.66. The minimum atomic E-state index is -0.858. The summed E-state index contributed by atoms with van der Waals surface area (Å²) in [6, 6.07) is 13.4. The normalized spacial score (nSPS) is 22.8. The van der Waals surface area contributed by atoms with Crippen molar-refractivity contribution >= 4 is 5.69 Å². The molecule has 4 rings (SSSR count). The average Bonchev–Trinajstić information content (AvgIpc) is 2.77. The Balaban J connectivity index is 1.74. The van der Waals surface area contributed by atoms with Gasteiger partial charge in [0.25, 0.3) is 0 Å². The van der Waals surface area contributed by atoms with Crippen LogP contribution < -0.4 is 9.64 Å². The predicted molar refractivity (Wildman–Crippen MR) is 116 cm³/mol. The van der Waals surface area contributed by atoms with Gasteiger partial charge in [0.1, 0.15) is 23.3 Å². The number of aliphatic hydroxyl groups excluding tert-OH is 1. The Morgan fingerprint density at radius 2 is 1.90 bits per heavy atom. The third-order valence-electron chi connectivity index (χ3n) is 6.10. The molecule has 2 atom stereocenters. The van der Waals surface area contributed by atoms with E-state index in [1.165, 1.54) is 12.1 Å². The summed E-state index contributed by atoms with van der Waals surface area (Å²) in [5.41, 5.74) is 1.25. The van der Waals surface area contributed by atoms with E-state index in [-0.39, 0.29) is 5.82 Å². The van der Waals surface area contributed by atoms with Crippen molar-refractivity contribution in [3.8, 4) is 11.8 Å². The molecule has 0 saturated carbocycles. The maximum Gasteiger partial charge on any atom is 0.132 e. The van der Waals surface area contributed by atoms with Gasteiger partial charge in [-0.2, -0.15) is 5.26 Å². The molecule has 2 aromatic carbocycles. The molecule has 0 bridgehead atoms. The van der Waals surface area contributed by atoms with E-state index < -0.39 is 17.7 Å². The van der Waals surface area contributed by atoms with E-state index >= 15 is 0 Å². The van der Waals surface area contributed by atoms with Gasteiger partial charge in [-0.3, -0.25) is 4.90 Å². The molecule has 6 nitrogen and oxygen atoms in total. The van der Waals surface area contributed by atoms with E-state index in [4.69, 9.17) is 9.47 Å². The molecule has 0 spiro atoms. The summed E-state index contributed by atoms with van der Waals surface area (Å²) in [6.07, 6.45) is -0.858. The Labute approximate surface area is 182 Å². The number of rotatable bonds is 5. The van der Waals surface area contributed by atoms with Crippen molar-refractivity contribution in [3.05, 3.63) is 59.4 Å². The van der Waals surface area contributed by atoms with Crippen molar-refractivity contribution in [1.29, 1.82) is 5.26 Å². The minimum Gasteiger partial charge on any atom is -0.485 e. The number of ether oxygens (including phenoxy) is 2. The number of hydrogen-bond acceptors (Lipinski definition) is 6. The second-order valence-electron chi connectivity index (χ2n) is 8.58. The lowest BCUT2D eigenvalue weighted by molar-refractivity contribution is -0.0591. The van der Waals surface area contributed by atoms with Crippen LogP contribution in [0.1, 0.15) is 31.0 Å². The highest BCUT2D eigenvalue weighted by atomic mass is 19.1. The zero-order chi connectivity index (χ0) is 22.0. The number of aliphatic hydroxyl groups is 1. The molecule has 1 fully saturated rings. The van der Waals surface area contributed by atoms with Crippen LogP contribution in [0.3, 0.4) is 0 Å².